The van der Waals surface area contributed by atoms with Gasteiger partial charge in [-0.3, -0.25) is 10.1 Å². The van der Waals surface area contributed by atoms with Crippen LogP contribution in [0.1, 0.15) is 5.56 Å². The van der Waals surface area contributed by atoms with Gasteiger partial charge in [-0.2, -0.15) is 0 Å². The van der Waals surface area contributed by atoms with Gasteiger partial charge in [-0.25, -0.2) is 9.59 Å². The summed E-state index contributed by atoms with van der Waals surface area (Å²) in [4.78, 5) is 33.3. The molecule has 0 saturated carbocycles. The Balaban J connectivity index is 3.27. The third kappa shape index (κ3) is 4.03. The quantitative estimate of drug-likeness (QED) is 0.380. The van der Waals surface area contributed by atoms with Crippen molar-refractivity contribution in [3.05, 3.63) is 45.6 Å². The molecule has 0 aromatic heterocycles. The van der Waals surface area contributed by atoms with E-state index in [0.29, 0.717) is 5.56 Å². The van der Waals surface area contributed by atoms with Crippen molar-refractivity contribution in [2.75, 3.05) is 19.5 Å². The van der Waals surface area contributed by atoms with Crippen molar-refractivity contribution in [3.63, 3.8) is 0 Å². The average Bonchev–Trinajstić information content (AvgIpc) is 2.46. The molecule has 8 nitrogen and oxygen atoms in total. The molecule has 0 fully saturated rings. The van der Waals surface area contributed by atoms with Crippen molar-refractivity contribution < 1.29 is 24.0 Å². The van der Waals surface area contributed by atoms with Crippen LogP contribution in [0.4, 0.5) is 11.4 Å². The summed E-state index contributed by atoms with van der Waals surface area (Å²) >= 11 is 0. The molecule has 1 aromatic rings. The van der Waals surface area contributed by atoms with E-state index >= 15 is 0 Å². The Morgan fingerprint density at radius 3 is 2.48 bits per heavy atom. The largest absolute Gasteiger partial charge is 0.466 e. The van der Waals surface area contributed by atoms with E-state index in [4.69, 9.17) is 0 Å². The molecule has 0 aliphatic carbocycles. The first-order chi connectivity index (χ1) is 9.90. The first kappa shape index (κ1) is 16.2. The number of rotatable bonds is 5. The summed E-state index contributed by atoms with van der Waals surface area (Å²) in [6, 6.07) is 4.42. The number of nitro groups is 1. The molecule has 21 heavy (non-hydrogen) atoms. The number of ether oxygens (including phenoxy) is 2. The number of nitrogens with zero attached hydrogens (tertiary/aromatic N) is 1. The summed E-state index contributed by atoms with van der Waals surface area (Å²) in [5.41, 5.74) is 0.142. The van der Waals surface area contributed by atoms with E-state index in [1.807, 2.05) is 0 Å². The fourth-order valence-electron chi connectivity index (χ4n) is 1.53. The highest BCUT2D eigenvalue weighted by molar-refractivity contribution is 5.99. The summed E-state index contributed by atoms with van der Waals surface area (Å²) in [5.74, 6) is -1.64. The zero-order valence-electron chi connectivity index (χ0n) is 11.7. The number of esters is 2. The van der Waals surface area contributed by atoms with Gasteiger partial charge in [0.25, 0.3) is 5.69 Å². The van der Waals surface area contributed by atoms with Gasteiger partial charge in [-0.1, -0.05) is 12.1 Å². The van der Waals surface area contributed by atoms with Crippen LogP contribution in [0.25, 0.3) is 0 Å². The second kappa shape index (κ2) is 7.04. The predicted octanol–water partition coefficient (Wildman–Crippen LogP) is 1.55. The minimum absolute atomic E-state index is 0.100. The van der Waals surface area contributed by atoms with E-state index in [9.17, 15) is 19.7 Å². The number of carbonyl (C=O) groups excluding carboxylic acids is 2. The maximum atomic E-state index is 11.6. The van der Waals surface area contributed by atoms with Gasteiger partial charge >= 0.3 is 11.9 Å². The number of aryl methyl sites for hydroxylation is 1. The molecule has 0 aliphatic rings. The molecule has 1 N–H and O–H groups in total. The highest BCUT2D eigenvalue weighted by Gasteiger charge is 2.20. The Morgan fingerprint density at radius 1 is 1.29 bits per heavy atom. The summed E-state index contributed by atoms with van der Waals surface area (Å²) < 4.78 is 8.95. The molecule has 0 saturated heterocycles. The van der Waals surface area contributed by atoms with E-state index < -0.39 is 16.9 Å². The maximum Gasteiger partial charge on any atom is 0.354 e. The molecule has 0 heterocycles. The number of carbonyl (C=O) groups is 2. The topological polar surface area (TPSA) is 108 Å². The molecule has 0 radical (unpaired) electrons. The van der Waals surface area contributed by atoms with Crippen molar-refractivity contribution in [1.82, 2.24) is 0 Å². The monoisotopic (exact) mass is 294 g/mol. The van der Waals surface area contributed by atoms with Crippen LogP contribution in [-0.4, -0.2) is 31.1 Å². The predicted molar refractivity (Wildman–Crippen MR) is 73.6 cm³/mol. The van der Waals surface area contributed by atoms with Crippen LogP contribution in [-0.2, 0) is 19.1 Å². The molecule has 1 aromatic carbocycles. The molecule has 0 amide bonds. The van der Waals surface area contributed by atoms with Crippen LogP contribution in [0.15, 0.2) is 30.0 Å². The minimum atomic E-state index is -0.849. The number of anilines is 1. The Morgan fingerprint density at radius 2 is 1.95 bits per heavy atom. The van der Waals surface area contributed by atoms with Crippen molar-refractivity contribution in [2.24, 2.45) is 0 Å². The molecule has 1 rings (SSSR count). The molecule has 0 atom stereocenters. The highest BCUT2D eigenvalue weighted by Crippen LogP contribution is 2.29. The van der Waals surface area contributed by atoms with Gasteiger partial charge < -0.3 is 14.8 Å². The second-order valence-electron chi connectivity index (χ2n) is 3.92. The van der Waals surface area contributed by atoms with Gasteiger partial charge in [-0.05, 0) is 12.5 Å². The molecule has 0 unspecified atom stereocenters. The number of methoxy groups -OCH3 is 2. The molecule has 0 aliphatic heterocycles. The standard InChI is InChI=1S/C13H14N2O6/c1-8-5-4-6-10(15(18)19)12(8)14-9(13(17)21-3)7-11(16)20-2/h4-7,14H,1-3H3/b9-7+. The number of nitro benzene ring substituents is 1. The average molecular weight is 294 g/mol. The molecule has 8 heteroatoms. The Labute approximate surface area is 120 Å². The van der Waals surface area contributed by atoms with Gasteiger partial charge in [0.15, 0.2) is 0 Å². The minimum Gasteiger partial charge on any atom is -0.466 e. The normalized spacial score (nSPS) is 10.7. The van der Waals surface area contributed by atoms with Gasteiger partial charge in [0.1, 0.15) is 11.4 Å². The van der Waals surface area contributed by atoms with Gasteiger partial charge in [0.05, 0.1) is 25.2 Å². The van der Waals surface area contributed by atoms with Crippen LogP contribution in [0.2, 0.25) is 0 Å². The lowest BCUT2D eigenvalue weighted by atomic mass is 10.1. The molecular formula is C13H14N2O6. The van der Waals surface area contributed by atoms with Crippen LogP contribution in [0.3, 0.4) is 0 Å². The fourth-order valence-corrected chi connectivity index (χ4v) is 1.53. The SMILES string of the molecule is COC(=O)/C=C(/Nc1c(C)cccc1[N+](=O)[O-])C(=O)OC. The van der Waals surface area contributed by atoms with Crippen molar-refractivity contribution >= 4 is 23.3 Å². The number of nitrogens with one attached hydrogen (secondary N) is 1. The fraction of sp³-hybridized carbons (Fsp3) is 0.231. The van der Waals surface area contributed by atoms with E-state index in [-0.39, 0.29) is 17.1 Å². The van der Waals surface area contributed by atoms with E-state index in [2.05, 4.69) is 14.8 Å². The maximum absolute atomic E-state index is 11.6. The van der Waals surface area contributed by atoms with Gasteiger partial charge in [0, 0.05) is 6.07 Å². The third-order valence-corrected chi connectivity index (χ3v) is 2.58. The smallest absolute Gasteiger partial charge is 0.354 e. The van der Waals surface area contributed by atoms with E-state index in [1.165, 1.54) is 12.1 Å². The van der Waals surface area contributed by atoms with E-state index in [0.717, 1.165) is 20.3 Å². The summed E-state index contributed by atoms with van der Waals surface area (Å²) in [5, 5.41) is 13.6. The van der Waals surface area contributed by atoms with Crippen LogP contribution in [0.5, 0.6) is 0 Å². The number of hydrogen-bond acceptors (Lipinski definition) is 7. The lowest BCUT2D eigenvalue weighted by Crippen LogP contribution is -2.16. The van der Waals surface area contributed by atoms with Gasteiger partial charge in [0.2, 0.25) is 0 Å². The van der Waals surface area contributed by atoms with Crippen molar-refractivity contribution in [2.45, 2.75) is 6.92 Å². The van der Waals surface area contributed by atoms with Crippen LogP contribution in [0, 0.1) is 17.0 Å². The first-order valence-electron chi connectivity index (χ1n) is 5.79. The zero-order valence-corrected chi connectivity index (χ0v) is 11.7. The Hall–Kier alpha value is -2.90. The number of hydrogen-bond donors (Lipinski definition) is 1. The lowest BCUT2D eigenvalue weighted by Gasteiger charge is -2.11. The second-order valence-corrected chi connectivity index (χ2v) is 3.92. The summed E-state index contributed by atoms with van der Waals surface area (Å²) in [6.07, 6.45) is 0.863. The van der Waals surface area contributed by atoms with Crippen LogP contribution >= 0.6 is 0 Å². The highest BCUT2D eigenvalue weighted by atomic mass is 16.6. The van der Waals surface area contributed by atoms with Crippen molar-refractivity contribution in [3.8, 4) is 0 Å². The zero-order chi connectivity index (χ0) is 16.0. The molecule has 112 valence electrons. The summed E-state index contributed by atoms with van der Waals surface area (Å²) in [6.45, 7) is 1.63. The molecule has 0 spiro atoms. The lowest BCUT2D eigenvalue weighted by molar-refractivity contribution is -0.384. The number of para-hydroxylation sites is 1. The van der Waals surface area contributed by atoms with Gasteiger partial charge in [-0.15, -0.1) is 0 Å². The summed E-state index contributed by atoms with van der Waals surface area (Å²) in [7, 11) is 2.27. The van der Waals surface area contributed by atoms with Crippen molar-refractivity contribution in [1.29, 1.82) is 0 Å². The Kier molecular flexibility index (Phi) is 5.41. The number of benzene rings is 1. The third-order valence-electron chi connectivity index (χ3n) is 2.58. The first-order valence-corrected chi connectivity index (χ1v) is 5.79. The molecule has 0 bridgehead atoms. The molecular weight excluding hydrogens is 280 g/mol. The van der Waals surface area contributed by atoms with E-state index in [1.54, 1.807) is 13.0 Å². The van der Waals surface area contributed by atoms with Crippen LogP contribution < -0.4 is 5.32 Å². The Bertz CT molecular complexity index is 609.